The summed E-state index contributed by atoms with van der Waals surface area (Å²) >= 11 is 0. The Morgan fingerprint density at radius 2 is 2.10 bits per heavy atom. The molecule has 1 heterocycles. The number of nitrogens with zero attached hydrogens (tertiary/aromatic N) is 1. The molecule has 0 unspecified atom stereocenters. The van der Waals surface area contributed by atoms with Crippen molar-refractivity contribution in [3.05, 3.63) is 42.1 Å². The Morgan fingerprint density at radius 1 is 1.40 bits per heavy atom. The number of ether oxygens (including phenoxy) is 1. The van der Waals surface area contributed by atoms with Gasteiger partial charge in [-0.3, -0.25) is 0 Å². The third-order valence-corrected chi connectivity index (χ3v) is 3.49. The molecular weight excluding hydrogens is 267 g/mol. The van der Waals surface area contributed by atoms with Crippen molar-refractivity contribution in [2.75, 3.05) is 13.1 Å². The van der Waals surface area contributed by atoms with Crippen LogP contribution in [0.2, 0.25) is 0 Å². The number of allylic oxidation sites excluding steroid dienone is 1. The van der Waals surface area contributed by atoms with E-state index in [2.05, 4.69) is 11.5 Å². The number of likely N-dealkylation sites (tertiary alicyclic amines) is 1. The van der Waals surface area contributed by atoms with E-state index in [1.54, 1.807) is 6.07 Å². The largest absolute Gasteiger partial charge is 0.488 e. The summed E-state index contributed by atoms with van der Waals surface area (Å²) in [6.45, 7) is 7.33. The van der Waals surface area contributed by atoms with Crippen molar-refractivity contribution in [1.29, 1.82) is 0 Å². The minimum atomic E-state index is -4.39. The Bertz CT molecular complexity index is 484. The van der Waals surface area contributed by atoms with Gasteiger partial charge in [-0.1, -0.05) is 25.6 Å². The Kier molecular flexibility index (Phi) is 4.26. The van der Waals surface area contributed by atoms with Crippen molar-refractivity contribution in [1.82, 2.24) is 4.90 Å². The Labute approximate surface area is 116 Å². The summed E-state index contributed by atoms with van der Waals surface area (Å²) in [7, 11) is 0. The van der Waals surface area contributed by atoms with Crippen LogP contribution in [0, 0.1) is 0 Å². The summed E-state index contributed by atoms with van der Waals surface area (Å²) in [5.74, 6) is -0.0889. The van der Waals surface area contributed by atoms with Crippen molar-refractivity contribution < 1.29 is 17.9 Å². The van der Waals surface area contributed by atoms with E-state index in [9.17, 15) is 13.2 Å². The number of alkyl halides is 3. The van der Waals surface area contributed by atoms with E-state index in [1.165, 1.54) is 12.1 Å². The van der Waals surface area contributed by atoms with Crippen LogP contribution in [-0.2, 0) is 6.18 Å². The molecule has 1 saturated heterocycles. The predicted octanol–water partition coefficient (Wildman–Crippen LogP) is 4.08. The minimum Gasteiger partial charge on any atom is -0.488 e. The first-order valence-corrected chi connectivity index (χ1v) is 6.67. The van der Waals surface area contributed by atoms with Crippen LogP contribution in [0.25, 0.3) is 0 Å². The van der Waals surface area contributed by atoms with E-state index >= 15 is 0 Å². The molecule has 2 nitrogen and oxygen atoms in total. The summed E-state index contributed by atoms with van der Waals surface area (Å²) < 4.78 is 44.2. The third kappa shape index (κ3) is 3.26. The number of benzene rings is 1. The van der Waals surface area contributed by atoms with E-state index in [1.807, 2.05) is 6.92 Å². The molecule has 5 heteroatoms. The zero-order valence-electron chi connectivity index (χ0n) is 11.4. The molecule has 0 aliphatic carbocycles. The molecule has 1 aliphatic heterocycles. The normalized spacial score (nSPS) is 19.2. The molecule has 0 aromatic heterocycles. The van der Waals surface area contributed by atoms with Crippen molar-refractivity contribution in [2.24, 2.45) is 0 Å². The van der Waals surface area contributed by atoms with Gasteiger partial charge >= 0.3 is 6.18 Å². The van der Waals surface area contributed by atoms with Crippen molar-refractivity contribution >= 4 is 0 Å². The maximum atomic E-state index is 12.9. The van der Waals surface area contributed by atoms with Crippen molar-refractivity contribution in [2.45, 2.75) is 32.0 Å². The molecule has 0 bridgehead atoms. The molecule has 0 saturated carbocycles. The lowest BCUT2D eigenvalue weighted by Gasteiger charge is -2.21. The Balaban J connectivity index is 2.07. The molecule has 0 N–H and O–H groups in total. The van der Waals surface area contributed by atoms with Crippen LogP contribution in [0.1, 0.15) is 25.3 Å². The maximum Gasteiger partial charge on any atom is 0.419 e. The predicted molar refractivity (Wildman–Crippen MR) is 71.5 cm³/mol. The van der Waals surface area contributed by atoms with Crippen LogP contribution in [0.4, 0.5) is 13.2 Å². The lowest BCUT2D eigenvalue weighted by Crippen LogP contribution is -2.24. The first kappa shape index (κ1) is 14.8. The van der Waals surface area contributed by atoms with Gasteiger partial charge in [0, 0.05) is 18.7 Å². The first-order chi connectivity index (χ1) is 9.41. The molecule has 20 heavy (non-hydrogen) atoms. The molecule has 1 aliphatic rings. The SMILES string of the molecule is C=C(CC)N1CC[C@@H](Oc2ccccc2C(F)(F)F)C1. The standard InChI is InChI=1S/C15H18F3NO/c1-3-11(2)19-9-8-12(10-19)20-14-7-5-4-6-13(14)15(16,17)18/h4-7,12H,2-3,8-10H2,1H3/t12-/m1/s1. The van der Waals surface area contributed by atoms with Gasteiger partial charge in [0.25, 0.3) is 0 Å². The number of halogens is 3. The van der Waals surface area contributed by atoms with E-state index in [-0.39, 0.29) is 11.9 Å². The highest BCUT2D eigenvalue weighted by Gasteiger charge is 2.35. The van der Waals surface area contributed by atoms with Gasteiger partial charge < -0.3 is 9.64 Å². The maximum absolute atomic E-state index is 12.9. The molecule has 0 spiro atoms. The lowest BCUT2D eigenvalue weighted by molar-refractivity contribution is -0.139. The average Bonchev–Trinajstić information content (AvgIpc) is 2.86. The van der Waals surface area contributed by atoms with Gasteiger partial charge in [-0.05, 0) is 18.6 Å². The number of hydrogen-bond acceptors (Lipinski definition) is 2. The van der Waals surface area contributed by atoms with Crippen molar-refractivity contribution in [3.8, 4) is 5.75 Å². The summed E-state index contributed by atoms with van der Waals surface area (Å²) in [5.41, 5.74) is 0.285. The molecular formula is C15H18F3NO. The quantitative estimate of drug-likeness (QED) is 0.826. The van der Waals surface area contributed by atoms with Crippen LogP contribution < -0.4 is 4.74 Å². The van der Waals surface area contributed by atoms with Gasteiger partial charge in [0.15, 0.2) is 0 Å². The number of hydrogen-bond donors (Lipinski definition) is 0. The smallest absolute Gasteiger partial charge is 0.419 e. The first-order valence-electron chi connectivity index (χ1n) is 6.67. The van der Waals surface area contributed by atoms with Crippen LogP contribution in [-0.4, -0.2) is 24.1 Å². The summed E-state index contributed by atoms with van der Waals surface area (Å²) in [5, 5.41) is 0. The molecule has 0 amide bonds. The number of rotatable bonds is 4. The van der Waals surface area contributed by atoms with Gasteiger partial charge in [0.1, 0.15) is 11.9 Å². The molecule has 1 fully saturated rings. The fourth-order valence-electron chi connectivity index (χ4n) is 2.32. The van der Waals surface area contributed by atoms with Gasteiger partial charge in [0.2, 0.25) is 0 Å². The highest BCUT2D eigenvalue weighted by atomic mass is 19.4. The summed E-state index contributed by atoms with van der Waals surface area (Å²) in [6.07, 6.45) is -3.05. The number of para-hydroxylation sites is 1. The van der Waals surface area contributed by atoms with Gasteiger partial charge in [-0.2, -0.15) is 13.2 Å². The fourth-order valence-corrected chi connectivity index (χ4v) is 2.32. The van der Waals surface area contributed by atoms with E-state index < -0.39 is 11.7 Å². The van der Waals surface area contributed by atoms with E-state index in [0.29, 0.717) is 13.0 Å². The van der Waals surface area contributed by atoms with Crippen LogP contribution in [0.3, 0.4) is 0 Å². The topological polar surface area (TPSA) is 12.5 Å². The fraction of sp³-hybridized carbons (Fsp3) is 0.467. The van der Waals surface area contributed by atoms with Gasteiger partial charge in [-0.25, -0.2) is 0 Å². The average molecular weight is 285 g/mol. The highest BCUT2D eigenvalue weighted by molar-refractivity contribution is 5.35. The van der Waals surface area contributed by atoms with Gasteiger partial charge in [0.05, 0.1) is 12.1 Å². The van der Waals surface area contributed by atoms with Gasteiger partial charge in [-0.15, -0.1) is 0 Å². The zero-order chi connectivity index (χ0) is 14.8. The molecule has 2 rings (SSSR count). The van der Waals surface area contributed by atoms with E-state index in [0.717, 1.165) is 24.7 Å². The Morgan fingerprint density at radius 3 is 2.75 bits per heavy atom. The lowest BCUT2D eigenvalue weighted by atomic mass is 10.2. The monoisotopic (exact) mass is 285 g/mol. The van der Waals surface area contributed by atoms with Crippen LogP contribution >= 0.6 is 0 Å². The second kappa shape index (κ2) is 5.77. The van der Waals surface area contributed by atoms with Crippen LogP contribution in [0.15, 0.2) is 36.5 Å². The second-order valence-electron chi connectivity index (χ2n) is 4.89. The third-order valence-electron chi connectivity index (χ3n) is 3.49. The summed E-state index contributed by atoms with van der Waals surface area (Å²) in [6, 6.07) is 5.35. The minimum absolute atomic E-state index is 0.0889. The molecule has 1 atom stereocenters. The van der Waals surface area contributed by atoms with E-state index in [4.69, 9.17) is 4.74 Å². The molecule has 1 aromatic carbocycles. The van der Waals surface area contributed by atoms with Crippen LogP contribution in [0.5, 0.6) is 5.75 Å². The molecule has 1 aromatic rings. The highest BCUT2D eigenvalue weighted by Crippen LogP contribution is 2.37. The second-order valence-corrected chi connectivity index (χ2v) is 4.89. The molecule has 0 radical (unpaired) electrons. The molecule has 110 valence electrons. The zero-order valence-corrected chi connectivity index (χ0v) is 11.4. The summed E-state index contributed by atoms with van der Waals surface area (Å²) in [4.78, 5) is 2.07. The van der Waals surface area contributed by atoms with Crippen molar-refractivity contribution in [3.63, 3.8) is 0 Å². The Hall–Kier alpha value is -1.65.